The van der Waals surface area contributed by atoms with Gasteiger partial charge >= 0.3 is 6.03 Å². The zero-order chi connectivity index (χ0) is 30.8. The Morgan fingerprint density at radius 2 is 1.77 bits per heavy atom. The Morgan fingerprint density at radius 1 is 1.00 bits per heavy atom. The van der Waals surface area contributed by atoms with E-state index in [0.29, 0.717) is 42.7 Å². The summed E-state index contributed by atoms with van der Waals surface area (Å²) in [6.07, 6.45) is 3.80. The van der Waals surface area contributed by atoms with Crippen molar-refractivity contribution in [3.8, 4) is 11.5 Å². The number of amides is 3. The zero-order valence-electron chi connectivity index (χ0n) is 26.4. The number of methoxy groups -OCH3 is 2. The molecule has 2 aromatic carbocycles. The van der Waals surface area contributed by atoms with Crippen LogP contribution in [0.15, 0.2) is 48.5 Å². The highest BCUT2D eigenvalue weighted by molar-refractivity contribution is 5.95. The molecule has 0 radical (unpaired) electrons. The molecule has 1 heterocycles. The summed E-state index contributed by atoms with van der Waals surface area (Å²) in [5.41, 5.74) is 1.68. The summed E-state index contributed by atoms with van der Waals surface area (Å²) in [7, 11) is 3.26. The molecule has 3 N–H and O–H groups in total. The van der Waals surface area contributed by atoms with E-state index in [1.165, 1.54) is 0 Å². The topological polar surface area (TPSA) is 101 Å². The van der Waals surface area contributed by atoms with Crippen LogP contribution in [0.3, 0.4) is 0 Å². The van der Waals surface area contributed by atoms with Gasteiger partial charge in [0.1, 0.15) is 0 Å². The molecule has 0 bridgehead atoms. The number of benzene rings is 2. The van der Waals surface area contributed by atoms with Gasteiger partial charge in [0.25, 0.3) is 5.91 Å². The predicted octanol–water partition coefficient (Wildman–Crippen LogP) is 5.03. The minimum absolute atomic E-state index is 0.00809. The fourth-order valence-corrected chi connectivity index (χ4v) is 6.12. The highest BCUT2D eigenvalue weighted by Gasteiger charge is 2.44. The maximum absolute atomic E-state index is 13.9. The molecule has 3 amide bonds. The molecule has 9 nitrogen and oxygen atoms in total. The lowest BCUT2D eigenvalue weighted by atomic mass is 9.85. The first kappa shape index (κ1) is 32.6. The van der Waals surface area contributed by atoms with Gasteiger partial charge in [0, 0.05) is 57.4 Å². The van der Waals surface area contributed by atoms with Crippen molar-refractivity contribution in [3.05, 3.63) is 59.7 Å². The van der Waals surface area contributed by atoms with Crippen LogP contribution in [0.25, 0.3) is 0 Å². The molecule has 1 saturated carbocycles. The second kappa shape index (κ2) is 16.0. The van der Waals surface area contributed by atoms with E-state index in [0.717, 1.165) is 44.3 Å². The first-order valence-corrected chi connectivity index (χ1v) is 15.8. The number of hydrogen-bond donors (Lipinski definition) is 3. The van der Waals surface area contributed by atoms with Gasteiger partial charge in [0.2, 0.25) is 0 Å². The molecular formula is C34H50N4O5. The van der Waals surface area contributed by atoms with Crippen LogP contribution in [0.2, 0.25) is 0 Å². The van der Waals surface area contributed by atoms with Crippen LogP contribution < -0.4 is 25.4 Å². The lowest BCUT2D eigenvalue weighted by molar-refractivity contribution is 0.0650. The Morgan fingerprint density at radius 3 is 2.42 bits per heavy atom. The highest BCUT2D eigenvalue weighted by atomic mass is 16.5. The third-order valence-corrected chi connectivity index (χ3v) is 8.67. The Hall–Kier alpha value is -3.30. The quantitative estimate of drug-likeness (QED) is 0.236. The number of hydrogen-bond acceptors (Lipinski definition) is 6. The van der Waals surface area contributed by atoms with E-state index in [1.54, 1.807) is 32.4 Å². The number of urea groups is 1. The predicted molar refractivity (Wildman–Crippen MR) is 169 cm³/mol. The van der Waals surface area contributed by atoms with Gasteiger partial charge in [-0.2, -0.15) is 0 Å². The van der Waals surface area contributed by atoms with E-state index < -0.39 is 0 Å². The molecule has 4 rings (SSSR count). The number of carbonyl (C=O) groups is 2. The van der Waals surface area contributed by atoms with Gasteiger partial charge < -0.3 is 35.1 Å². The SMILES string of the molecule is CC[C@H](NC(=O)NC(C1CC1)[C@@H]1CNC[C@H]1CN(C(=O)c1ccc(OC)c(OCCCOC)c1)C(C)C)c1ccccc1. The zero-order valence-corrected chi connectivity index (χ0v) is 26.4. The van der Waals surface area contributed by atoms with Crippen molar-refractivity contribution in [2.45, 2.75) is 64.6 Å². The third kappa shape index (κ3) is 8.86. The van der Waals surface area contributed by atoms with Crippen LogP contribution >= 0.6 is 0 Å². The maximum Gasteiger partial charge on any atom is 0.315 e. The van der Waals surface area contributed by atoms with Crippen molar-refractivity contribution < 1.29 is 23.8 Å². The summed E-state index contributed by atoms with van der Waals surface area (Å²) in [6, 6.07) is 15.4. The van der Waals surface area contributed by atoms with Gasteiger partial charge in [-0.25, -0.2) is 4.79 Å². The van der Waals surface area contributed by atoms with Gasteiger partial charge in [-0.05, 0) is 74.6 Å². The van der Waals surface area contributed by atoms with Crippen LogP contribution in [-0.2, 0) is 4.74 Å². The average Bonchev–Trinajstić information content (AvgIpc) is 3.76. The summed E-state index contributed by atoms with van der Waals surface area (Å²) in [4.78, 5) is 29.1. The van der Waals surface area contributed by atoms with Gasteiger partial charge in [0.05, 0.1) is 19.8 Å². The molecule has 43 heavy (non-hydrogen) atoms. The molecule has 1 saturated heterocycles. The molecule has 2 fully saturated rings. The van der Waals surface area contributed by atoms with Crippen molar-refractivity contribution in [2.24, 2.45) is 17.8 Å². The van der Waals surface area contributed by atoms with Crippen molar-refractivity contribution >= 4 is 11.9 Å². The standard InChI is InChI=1S/C34H50N4O5/c1-6-29(24-11-8-7-9-12-24)36-34(40)37-32(25-13-14-25)28-21-35-20-27(28)22-38(23(2)3)33(39)26-15-16-30(42-5)31(19-26)43-18-10-17-41-4/h7-9,11-12,15-16,19,23,25,27-29,32,35H,6,10,13-14,17-18,20-22H2,1-5H3,(H2,36,37,40)/t27-,28+,29-,32?/m0/s1. The highest BCUT2D eigenvalue weighted by Crippen LogP contribution is 2.39. The van der Waals surface area contributed by atoms with Crippen LogP contribution in [0.5, 0.6) is 11.5 Å². The molecule has 9 heteroatoms. The van der Waals surface area contributed by atoms with Crippen molar-refractivity contribution in [2.75, 3.05) is 47.1 Å². The molecule has 4 atom stereocenters. The Labute approximate surface area is 257 Å². The molecule has 0 spiro atoms. The molecular weight excluding hydrogens is 544 g/mol. The van der Waals surface area contributed by atoms with Crippen molar-refractivity contribution in [1.29, 1.82) is 0 Å². The summed E-state index contributed by atoms with van der Waals surface area (Å²) in [6.45, 7) is 9.51. The Balaban J connectivity index is 1.44. The summed E-state index contributed by atoms with van der Waals surface area (Å²) >= 11 is 0. The number of carbonyl (C=O) groups excluding carboxylic acids is 2. The smallest absolute Gasteiger partial charge is 0.315 e. The fourth-order valence-electron chi connectivity index (χ4n) is 6.12. The van der Waals surface area contributed by atoms with E-state index in [9.17, 15) is 9.59 Å². The monoisotopic (exact) mass is 594 g/mol. The first-order chi connectivity index (χ1) is 20.9. The molecule has 2 aromatic rings. The third-order valence-electron chi connectivity index (χ3n) is 8.67. The van der Waals surface area contributed by atoms with E-state index >= 15 is 0 Å². The second-order valence-electron chi connectivity index (χ2n) is 12.0. The molecule has 236 valence electrons. The van der Waals surface area contributed by atoms with Crippen LogP contribution in [-0.4, -0.2) is 76.0 Å². The van der Waals surface area contributed by atoms with E-state index in [4.69, 9.17) is 14.2 Å². The minimum atomic E-state index is -0.119. The fraction of sp³-hybridized carbons (Fsp3) is 0.588. The van der Waals surface area contributed by atoms with Crippen LogP contribution in [0.1, 0.15) is 68.4 Å². The average molecular weight is 595 g/mol. The summed E-state index contributed by atoms with van der Waals surface area (Å²) in [5, 5.41) is 10.1. The van der Waals surface area contributed by atoms with Crippen LogP contribution in [0.4, 0.5) is 4.79 Å². The Kier molecular flexibility index (Phi) is 12.1. The number of ether oxygens (including phenoxy) is 3. The second-order valence-corrected chi connectivity index (χ2v) is 12.0. The lowest BCUT2D eigenvalue weighted by Crippen LogP contribution is -2.51. The van der Waals surface area contributed by atoms with Crippen molar-refractivity contribution in [3.63, 3.8) is 0 Å². The number of nitrogens with one attached hydrogen (secondary N) is 3. The molecule has 2 aliphatic rings. The molecule has 1 aliphatic carbocycles. The normalized spacial score (nSPS) is 19.5. The molecule has 1 unspecified atom stereocenters. The largest absolute Gasteiger partial charge is 0.493 e. The molecule has 0 aromatic heterocycles. The lowest BCUT2D eigenvalue weighted by Gasteiger charge is -2.35. The Bertz CT molecular complexity index is 1170. The number of rotatable bonds is 16. The molecule has 1 aliphatic heterocycles. The van der Waals surface area contributed by atoms with Gasteiger partial charge in [-0.1, -0.05) is 37.3 Å². The van der Waals surface area contributed by atoms with E-state index in [2.05, 4.69) is 48.9 Å². The van der Waals surface area contributed by atoms with Gasteiger partial charge in [-0.3, -0.25) is 4.79 Å². The first-order valence-electron chi connectivity index (χ1n) is 15.8. The van der Waals surface area contributed by atoms with E-state index in [1.807, 2.05) is 23.1 Å². The van der Waals surface area contributed by atoms with Gasteiger partial charge in [-0.15, -0.1) is 0 Å². The van der Waals surface area contributed by atoms with Crippen LogP contribution in [0, 0.1) is 17.8 Å². The summed E-state index contributed by atoms with van der Waals surface area (Å²) < 4.78 is 16.5. The van der Waals surface area contributed by atoms with Crippen molar-refractivity contribution in [1.82, 2.24) is 20.9 Å². The minimum Gasteiger partial charge on any atom is -0.493 e. The maximum atomic E-state index is 13.9. The van der Waals surface area contributed by atoms with E-state index in [-0.39, 0.29) is 41.9 Å². The van der Waals surface area contributed by atoms with Gasteiger partial charge in [0.15, 0.2) is 11.5 Å². The summed E-state index contributed by atoms with van der Waals surface area (Å²) in [5.74, 6) is 2.04. The number of nitrogens with zero attached hydrogens (tertiary/aromatic N) is 1.